The number of benzene rings is 2. The van der Waals surface area contributed by atoms with Gasteiger partial charge in [0.25, 0.3) is 5.91 Å². The molecule has 1 N–H and O–H groups in total. The molecule has 0 radical (unpaired) electrons. The zero-order valence-corrected chi connectivity index (χ0v) is 20.5. The molecule has 0 spiro atoms. The number of pyridine rings is 1. The number of esters is 1. The molecule has 3 rings (SSSR count). The maximum Gasteiger partial charge on any atom is 0.338 e. The third kappa shape index (κ3) is 6.68. The normalized spacial score (nSPS) is 12.1. The standard InChI is InChI=1S/C25H23Cl2FN2O4/c1-14(15-5-7-16(8-6-15)24(32)34-25(2,3)4)30-22(31)19-11-18(27)13-29-23(19)33-21-10-9-17(26)12-20(21)28/h5-14H,1-4H3,(H,30,31)/t14-/m0/s1. The van der Waals surface area contributed by atoms with Gasteiger partial charge < -0.3 is 14.8 Å². The Balaban J connectivity index is 1.76. The number of carbonyl (C=O) groups excluding carboxylic acids is 2. The highest BCUT2D eigenvalue weighted by molar-refractivity contribution is 6.31. The molecule has 34 heavy (non-hydrogen) atoms. The summed E-state index contributed by atoms with van der Waals surface area (Å²) in [5.41, 5.74) is 0.578. The summed E-state index contributed by atoms with van der Waals surface area (Å²) < 4.78 is 25.0. The van der Waals surface area contributed by atoms with E-state index in [2.05, 4.69) is 10.3 Å². The van der Waals surface area contributed by atoms with E-state index >= 15 is 0 Å². The lowest BCUT2D eigenvalue weighted by Gasteiger charge is -2.20. The van der Waals surface area contributed by atoms with Gasteiger partial charge in [0.1, 0.15) is 11.2 Å². The van der Waals surface area contributed by atoms with E-state index in [1.165, 1.54) is 24.4 Å². The molecule has 1 aromatic heterocycles. The number of aromatic nitrogens is 1. The van der Waals surface area contributed by atoms with E-state index in [0.717, 1.165) is 11.6 Å². The van der Waals surface area contributed by atoms with Crippen molar-refractivity contribution < 1.29 is 23.5 Å². The van der Waals surface area contributed by atoms with Crippen LogP contribution in [0.25, 0.3) is 0 Å². The zero-order chi connectivity index (χ0) is 25.0. The van der Waals surface area contributed by atoms with Crippen molar-refractivity contribution in [3.05, 3.63) is 87.3 Å². The molecule has 1 atom stereocenters. The molecule has 1 heterocycles. The first-order valence-corrected chi connectivity index (χ1v) is 11.1. The lowest BCUT2D eigenvalue weighted by atomic mass is 10.1. The molecule has 0 aliphatic rings. The molecule has 0 bridgehead atoms. The van der Waals surface area contributed by atoms with Crippen LogP contribution < -0.4 is 10.1 Å². The van der Waals surface area contributed by atoms with Gasteiger partial charge >= 0.3 is 5.97 Å². The van der Waals surface area contributed by atoms with Gasteiger partial charge in [0.15, 0.2) is 11.6 Å². The molecule has 2 aromatic carbocycles. The summed E-state index contributed by atoms with van der Waals surface area (Å²) in [6.07, 6.45) is 1.29. The van der Waals surface area contributed by atoms with Gasteiger partial charge in [0, 0.05) is 11.2 Å². The van der Waals surface area contributed by atoms with Gasteiger partial charge in [0.05, 0.1) is 16.6 Å². The first-order chi connectivity index (χ1) is 15.9. The maximum absolute atomic E-state index is 14.2. The Morgan fingerprint density at radius 1 is 1.03 bits per heavy atom. The van der Waals surface area contributed by atoms with Crippen LogP contribution >= 0.6 is 23.2 Å². The van der Waals surface area contributed by atoms with Crippen LogP contribution in [-0.2, 0) is 4.74 Å². The van der Waals surface area contributed by atoms with Gasteiger partial charge in [-0.15, -0.1) is 0 Å². The van der Waals surface area contributed by atoms with E-state index in [1.807, 2.05) is 0 Å². The van der Waals surface area contributed by atoms with Crippen LogP contribution in [0, 0.1) is 5.82 Å². The number of amides is 1. The molecule has 3 aromatic rings. The van der Waals surface area contributed by atoms with Crippen LogP contribution in [0.15, 0.2) is 54.7 Å². The molecule has 9 heteroatoms. The SMILES string of the molecule is C[C@H](NC(=O)c1cc(Cl)cnc1Oc1ccc(Cl)cc1F)c1ccc(C(=O)OC(C)(C)C)cc1. The van der Waals surface area contributed by atoms with Gasteiger partial charge in [-0.05, 0) is 69.7 Å². The maximum atomic E-state index is 14.2. The number of halogens is 3. The van der Waals surface area contributed by atoms with Crippen molar-refractivity contribution in [2.45, 2.75) is 39.3 Å². The summed E-state index contributed by atoms with van der Waals surface area (Å²) in [5, 5.41) is 3.25. The number of hydrogen-bond acceptors (Lipinski definition) is 5. The number of nitrogens with zero attached hydrogens (tertiary/aromatic N) is 1. The topological polar surface area (TPSA) is 77.5 Å². The summed E-state index contributed by atoms with van der Waals surface area (Å²) in [6.45, 7) is 7.15. The number of carbonyl (C=O) groups is 2. The zero-order valence-electron chi connectivity index (χ0n) is 19.0. The largest absolute Gasteiger partial charge is 0.456 e. The molecule has 178 valence electrons. The van der Waals surface area contributed by atoms with Gasteiger partial charge in [-0.1, -0.05) is 35.3 Å². The van der Waals surface area contributed by atoms with E-state index in [4.69, 9.17) is 32.7 Å². The van der Waals surface area contributed by atoms with E-state index < -0.39 is 29.3 Å². The number of ether oxygens (including phenoxy) is 2. The van der Waals surface area contributed by atoms with Crippen molar-refractivity contribution in [2.24, 2.45) is 0 Å². The Hall–Kier alpha value is -3.16. The molecule has 0 saturated carbocycles. The second kappa shape index (κ2) is 10.4. The Bertz CT molecular complexity index is 1210. The fraction of sp³-hybridized carbons (Fsp3) is 0.240. The van der Waals surface area contributed by atoms with Crippen LogP contribution in [0.5, 0.6) is 11.6 Å². The van der Waals surface area contributed by atoms with E-state index in [9.17, 15) is 14.0 Å². The predicted octanol–water partition coefficient (Wildman–Crippen LogP) is 6.77. The first kappa shape index (κ1) is 25.5. The lowest BCUT2D eigenvalue weighted by Crippen LogP contribution is -2.27. The van der Waals surface area contributed by atoms with Crippen molar-refractivity contribution in [1.82, 2.24) is 10.3 Å². The minimum absolute atomic E-state index is 0.0269. The lowest BCUT2D eigenvalue weighted by molar-refractivity contribution is 0.00693. The van der Waals surface area contributed by atoms with Gasteiger partial charge in [-0.2, -0.15) is 0 Å². The van der Waals surface area contributed by atoms with E-state index in [-0.39, 0.29) is 27.2 Å². The smallest absolute Gasteiger partial charge is 0.338 e. The minimum Gasteiger partial charge on any atom is -0.456 e. The van der Waals surface area contributed by atoms with Crippen LogP contribution in [0.2, 0.25) is 10.0 Å². The van der Waals surface area contributed by atoms with Crippen LogP contribution in [-0.4, -0.2) is 22.5 Å². The van der Waals surface area contributed by atoms with Crippen molar-refractivity contribution in [1.29, 1.82) is 0 Å². The van der Waals surface area contributed by atoms with Crippen LogP contribution in [0.1, 0.15) is 60.0 Å². The van der Waals surface area contributed by atoms with E-state index in [0.29, 0.717) is 5.56 Å². The number of nitrogens with one attached hydrogen (secondary N) is 1. The van der Waals surface area contributed by atoms with Crippen molar-refractivity contribution in [2.75, 3.05) is 0 Å². The van der Waals surface area contributed by atoms with Crippen LogP contribution in [0.4, 0.5) is 4.39 Å². The summed E-state index contributed by atoms with van der Waals surface area (Å²) in [6, 6.07) is 11.5. The average molecular weight is 505 g/mol. The summed E-state index contributed by atoms with van der Waals surface area (Å²) in [5.74, 6) is -1.91. The Morgan fingerprint density at radius 2 is 1.71 bits per heavy atom. The molecule has 0 saturated heterocycles. The average Bonchev–Trinajstić information content (AvgIpc) is 2.75. The van der Waals surface area contributed by atoms with Gasteiger partial charge in [0.2, 0.25) is 5.88 Å². The Kier molecular flexibility index (Phi) is 7.79. The minimum atomic E-state index is -0.700. The molecular weight excluding hydrogens is 482 g/mol. The fourth-order valence-electron chi connectivity index (χ4n) is 2.94. The molecule has 0 unspecified atom stereocenters. The first-order valence-electron chi connectivity index (χ1n) is 10.4. The molecular formula is C25H23Cl2FN2O4. The Labute approximate surface area is 207 Å². The molecule has 0 aliphatic carbocycles. The summed E-state index contributed by atoms with van der Waals surface area (Å²) in [4.78, 5) is 29.2. The summed E-state index contributed by atoms with van der Waals surface area (Å²) in [7, 11) is 0. The van der Waals surface area contributed by atoms with Crippen molar-refractivity contribution in [3.8, 4) is 11.6 Å². The van der Waals surface area contributed by atoms with Gasteiger partial charge in [-0.3, -0.25) is 4.79 Å². The fourth-order valence-corrected chi connectivity index (χ4v) is 3.25. The molecule has 0 aliphatic heterocycles. The highest BCUT2D eigenvalue weighted by Crippen LogP contribution is 2.29. The van der Waals surface area contributed by atoms with Gasteiger partial charge in [-0.25, -0.2) is 14.2 Å². The van der Waals surface area contributed by atoms with Crippen LogP contribution in [0.3, 0.4) is 0 Å². The molecule has 0 fully saturated rings. The van der Waals surface area contributed by atoms with Crippen molar-refractivity contribution in [3.63, 3.8) is 0 Å². The monoisotopic (exact) mass is 504 g/mol. The number of hydrogen-bond donors (Lipinski definition) is 1. The Morgan fingerprint density at radius 3 is 2.32 bits per heavy atom. The third-order valence-corrected chi connectivity index (χ3v) is 5.00. The quantitative estimate of drug-likeness (QED) is 0.375. The highest BCUT2D eigenvalue weighted by atomic mass is 35.5. The molecule has 6 nitrogen and oxygen atoms in total. The molecule has 1 amide bonds. The highest BCUT2D eigenvalue weighted by Gasteiger charge is 2.21. The van der Waals surface area contributed by atoms with Crippen molar-refractivity contribution >= 4 is 35.1 Å². The summed E-state index contributed by atoms with van der Waals surface area (Å²) >= 11 is 11.8. The third-order valence-electron chi connectivity index (χ3n) is 4.56. The predicted molar refractivity (Wildman–Crippen MR) is 128 cm³/mol. The second-order valence-corrected chi connectivity index (χ2v) is 9.37. The van der Waals surface area contributed by atoms with E-state index in [1.54, 1.807) is 52.0 Å². The number of rotatable bonds is 6. The second-order valence-electron chi connectivity index (χ2n) is 8.50.